The van der Waals surface area contributed by atoms with Crippen molar-refractivity contribution in [3.8, 4) is 5.75 Å². The van der Waals surface area contributed by atoms with E-state index in [2.05, 4.69) is 11.9 Å². The Kier molecular flexibility index (Phi) is 2.28. The van der Waals surface area contributed by atoms with Crippen molar-refractivity contribution in [1.82, 2.24) is 0 Å². The van der Waals surface area contributed by atoms with Crippen LogP contribution < -0.4 is 0 Å². The summed E-state index contributed by atoms with van der Waals surface area (Å²) in [5.74, 6) is 0.350. The SMILES string of the molecule is Cc1ccc(O)c(C2=NC(C)CC2)c1. The molecule has 0 saturated heterocycles. The quantitative estimate of drug-likeness (QED) is 0.723. The zero-order valence-electron chi connectivity index (χ0n) is 8.62. The molecule has 1 aliphatic heterocycles. The van der Waals surface area contributed by atoms with Gasteiger partial charge in [0.05, 0.1) is 0 Å². The number of nitrogens with zero attached hydrogens (tertiary/aromatic N) is 1. The number of aliphatic imine (C=N–C) groups is 1. The summed E-state index contributed by atoms with van der Waals surface area (Å²) in [6.07, 6.45) is 2.08. The number of aromatic hydroxyl groups is 1. The first kappa shape index (κ1) is 9.25. The third-order valence-corrected chi connectivity index (χ3v) is 2.64. The fraction of sp³-hybridized carbons (Fsp3) is 0.417. The lowest BCUT2D eigenvalue weighted by Gasteiger charge is -2.04. The molecule has 0 radical (unpaired) electrons. The van der Waals surface area contributed by atoms with Gasteiger partial charge in [-0.3, -0.25) is 4.99 Å². The number of benzene rings is 1. The van der Waals surface area contributed by atoms with Gasteiger partial charge in [-0.25, -0.2) is 0 Å². The molecule has 1 aromatic rings. The molecule has 1 aromatic carbocycles. The summed E-state index contributed by atoms with van der Waals surface area (Å²) in [7, 11) is 0. The number of hydrogen-bond donors (Lipinski definition) is 1. The van der Waals surface area contributed by atoms with Crippen LogP contribution in [0.2, 0.25) is 0 Å². The maximum Gasteiger partial charge on any atom is 0.124 e. The van der Waals surface area contributed by atoms with E-state index in [1.54, 1.807) is 6.07 Å². The summed E-state index contributed by atoms with van der Waals surface area (Å²) in [5, 5.41) is 9.70. The van der Waals surface area contributed by atoms with Crippen LogP contribution in [0.3, 0.4) is 0 Å². The fourth-order valence-corrected chi connectivity index (χ4v) is 1.83. The first-order chi connectivity index (χ1) is 6.66. The molecule has 1 aliphatic rings. The smallest absolute Gasteiger partial charge is 0.124 e. The Balaban J connectivity index is 2.41. The number of phenolic OH excluding ortho intramolecular Hbond substituents is 1. The van der Waals surface area contributed by atoms with Crippen molar-refractivity contribution >= 4 is 5.71 Å². The van der Waals surface area contributed by atoms with E-state index in [1.807, 2.05) is 19.1 Å². The third kappa shape index (κ3) is 1.65. The van der Waals surface area contributed by atoms with Crippen molar-refractivity contribution in [1.29, 1.82) is 0 Å². The molecule has 0 bridgehead atoms. The van der Waals surface area contributed by atoms with Crippen LogP contribution in [0.5, 0.6) is 5.75 Å². The Morgan fingerprint density at radius 1 is 1.43 bits per heavy atom. The van der Waals surface area contributed by atoms with Crippen LogP contribution in [-0.4, -0.2) is 16.9 Å². The first-order valence-electron chi connectivity index (χ1n) is 5.03. The lowest BCUT2D eigenvalue weighted by molar-refractivity contribution is 0.474. The average Bonchev–Trinajstić information content (AvgIpc) is 2.56. The van der Waals surface area contributed by atoms with E-state index in [1.165, 1.54) is 5.56 Å². The summed E-state index contributed by atoms with van der Waals surface area (Å²) >= 11 is 0. The van der Waals surface area contributed by atoms with Gasteiger partial charge < -0.3 is 5.11 Å². The predicted molar refractivity (Wildman–Crippen MR) is 58.1 cm³/mol. The van der Waals surface area contributed by atoms with E-state index in [9.17, 15) is 5.11 Å². The maximum absolute atomic E-state index is 9.70. The molecule has 0 spiro atoms. The van der Waals surface area contributed by atoms with Crippen LogP contribution in [-0.2, 0) is 0 Å². The van der Waals surface area contributed by atoms with Gasteiger partial charge in [-0.05, 0) is 38.8 Å². The highest BCUT2D eigenvalue weighted by molar-refractivity contribution is 6.03. The zero-order valence-corrected chi connectivity index (χ0v) is 8.62. The number of rotatable bonds is 1. The molecular weight excluding hydrogens is 174 g/mol. The molecule has 1 unspecified atom stereocenters. The van der Waals surface area contributed by atoms with Crippen LogP contribution in [0.15, 0.2) is 23.2 Å². The van der Waals surface area contributed by atoms with Crippen LogP contribution in [0.1, 0.15) is 30.9 Å². The number of aryl methyl sites for hydroxylation is 1. The highest BCUT2D eigenvalue weighted by Gasteiger charge is 2.17. The van der Waals surface area contributed by atoms with Crippen molar-refractivity contribution < 1.29 is 5.11 Å². The second-order valence-corrected chi connectivity index (χ2v) is 3.98. The molecule has 1 atom stereocenters. The minimum Gasteiger partial charge on any atom is -0.507 e. The van der Waals surface area contributed by atoms with Gasteiger partial charge in [0.2, 0.25) is 0 Å². The van der Waals surface area contributed by atoms with E-state index >= 15 is 0 Å². The molecular formula is C12H15NO. The molecule has 2 rings (SSSR count). The standard InChI is InChI=1S/C12H15NO/c1-8-3-6-12(14)10(7-8)11-5-4-9(2)13-11/h3,6-7,9,14H,4-5H2,1-2H3. The molecule has 1 N–H and O–H groups in total. The predicted octanol–water partition coefficient (Wildman–Crippen LogP) is 2.67. The molecule has 74 valence electrons. The summed E-state index contributed by atoms with van der Waals surface area (Å²) in [4.78, 5) is 4.52. The van der Waals surface area contributed by atoms with Gasteiger partial charge in [0.25, 0.3) is 0 Å². The molecule has 0 fully saturated rings. The normalized spacial score (nSPS) is 21.0. The minimum atomic E-state index is 0.350. The highest BCUT2D eigenvalue weighted by atomic mass is 16.3. The Labute approximate surface area is 84.3 Å². The molecule has 0 amide bonds. The van der Waals surface area contributed by atoms with Gasteiger partial charge in [-0.1, -0.05) is 11.6 Å². The van der Waals surface area contributed by atoms with E-state index in [4.69, 9.17) is 0 Å². The average molecular weight is 189 g/mol. The number of phenols is 1. The van der Waals surface area contributed by atoms with E-state index in [0.717, 1.165) is 24.1 Å². The van der Waals surface area contributed by atoms with Crippen LogP contribution in [0.25, 0.3) is 0 Å². The summed E-state index contributed by atoms with van der Waals surface area (Å²) in [6, 6.07) is 6.07. The van der Waals surface area contributed by atoms with Gasteiger partial charge in [0.1, 0.15) is 5.75 Å². The van der Waals surface area contributed by atoms with Crippen LogP contribution >= 0.6 is 0 Å². The largest absolute Gasteiger partial charge is 0.507 e. The Hall–Kier alpha value is -1.31. The van der Waals surface area contributed by atoms with Gasteiger partial charge in [0, 0.05) is 17.3 Å². The molecule has 1 heterocycles. The van der Waals surface area contributed by atoms with Crippen molar-refractivity contribution in [2.24, 2.45) is 4.99 Å². The molecule has 0 saturated carbocycles. The molecule has 2 heteroatoms. The molecule has 2 nitrogen and oxygen atoms in total. The lowest BCUT2D eigenvalue weighted by atomic mass is 10.0. The Morgan fingerprint density at radius 3 is 2.86 bits per heavy atom. The van der Waals surface area contributed by atoms with Crippen molar-refractivity contribution in [3.05, 3.63) is 29.3 Å². The summed E-state index contributed by atoms with van der Waals surface area (Å²) < 4.78 is 0. The van der Waals surface area contributed by atoms with E-state index < -0.39 is 0 Å². The van der Waals surface area contributed by atoms with Gasteiger partial charge in [-0.15, -0.1) is 0 Å². The number of hydrogen-bond acceptors (Lipinski definition) is 2. The van der Waals surface area contributed by atoms with Crippen molar-refractivity contribution in [3.63, 3.8) is 0 Å². The highest BCUT2D eigenvalue weighted by Crippen LogP contribution is 2.25. The Bertz CT molecular complexity index is 382. The summed E-state index contributed by atoms with van der Waals surface area (Å²) in [6.45, 7) is 4.14. The van der Waals surface area contributed by atoms with Crippen molar-refractivity contribution in [2.75, 3.05) is 0 Å². The monoisotopic (exact) mass is 189 g/mol. The van der Waals surface area contributed by atoms with E-state index in [0.29, 0.717) is 11.8 Å². The van der Waals surface area contributed by atoms with Crippen LogP contribution in [0.4, 0.5) is 0 Å². The van der Waals surface area contributed by atoms with Gasteiger partial charge in [0.15, 0.2) is 0 Å². The lowest BCUT2D eigenvalue weighted by Crippen LogP contribution is -1.97. The first-order valence-corrected chi connectivity index (χ1v) is 5.03. The molecule has 0 aliphatic carbocycles. The zero-order chi connectivity index (χ0) is 10.1. The van der Waals surface area contributed by atoms with Crippen LogP contribution in [0, 0.1) is 6.92 Å². The Morgan fingerprint density at radius 2 is 2.21 bits per heavy atom. The third-order valence-electron chi connectivity index (χ3n) is 2.64. The van der Waals surface area contributed by atoms with Crippen molar-refractivity contribution in [2.45, 2.75) is 32.7 Å². The maximum atomic E-state index is 9.70. The second kappa shape index (κ2) is 3.45. The fourth-order valence-electron chi connectivity index (χ4n) is 1.83. The van der Waals surface area contributed by atoms with Gasteiger partial charge >= 0.3 is 0 Å². The molecule has 0 aromatic heterocycles. The minimum absolute atomic E-state index is 0.350. The topological polar surface area (TPSA) is 32.6 Å². The summed E-state index contributed by atoms with van der Waals surface area (Å²) in [5.41, 5.74) is 3.13. The molecule has 14 heavy (non-hydrogen) atoms. The second-order valence-electron chi connectivity index (χ2n) is 3.98. The van der Waals surface area contributed by atoms with Gasteiger partial charge in [-0.2, -0.15) is 0 Å². The van der Waals surface area contributed by atoms with E-state index in [-0.39, 0.29) is 0 Å².